The summed E-state index contributed by atoms with van der Waals surface area (Å²) in [6.07, 6.45) is 7.47. The van der Waals surface area contributed by atoms with Crippen molar-refractivity contribution in [1.82, 2.24) is 0 Å². The maximum atomic E-state index is 11.9. The van der Waals surface area contributed by atoms with Crippen LogP contribution in [-0.4, -0.2) is 31.8 Å². The van der Waals surface area contributed by atoms with Crippen LogP contribution in [0.25, 0.3) is 0 Å². The molecule has 1 aromatic rings. The van der Waals surface area contributed by atoms with E-state index in [1.165, 1.54) is 11.3 Å². The van der Waals surface area contributed by atoms with Crippen molar-refractivity contribution >= 4 is 27.7 Å². The summed E-state index contributed by atoms with van der Waals surface area (Å²) in [4.78, 5) is 13.4. The van der Waals surface area contributed by atoms with Crippen molar-refractivity contribution < 1.29 is 14.4 Å². The molecule has 4 nitrogen and oxygen atoms in total. The van der Waals surface area contributed by atoms with E-state index in [1.807, 2.05) is 24.3 Å². The van der Waals surface area contributed by atoms with Gasteiger partial charge in [-0.2, -0.15) is 0 Å². The Morgan fingerprint density at radius 1 is 1.45 bits per heavy atom. The Kier molecular flexibility index (Phi) is 4.70. The summed E-state index contributed by atoms with van der Waals surface area (Å²) < 4.78 is 6.38. The Balaban J connectivity index is 1.48. The number of terminal acetylenes is 1. The minimum atomic E-state index is -0.391. The van der Waals surface area contributed by atoms with E-state index >= 15 is 0 Å². The fourth-order valence-electron chi connectivity index (χ4n) is 3.55. The summed E-state index contributed by atoms with van der Waals surface area (Å²) in [5, 5.41) is 2.75. The number of hydrogen-bond acceptors (Lipinski definition) is 2. The highest BCUT2D eigenvalue weighted by molar-refractivity contribution is 9.10. The van der Waals surface area contributed by atoms with Gasteiger partial charge in [-0.25, -0.2) is 4.79 Å². The highest BCUT2D eigenvalue weighted by atomic mass is 79.9. The molecule has 0 radical (unpaired) electrons. The predicted octanol–water partition coefficient (Wildman–Crippen LogP) is 1.92. The minimum Gasteiger partial charge on any atom is -0.443 e. The number of halogens is 1. The van der Waals surface area contributed by atoms with E-state index in [9.17, 15) is 4.79 Å². The van der Waals surface area contributed by atoms with Crippen LogP contribution < -0.4 is 10.2 Å². The number of amides is 1. The fraction of sp³-hybridized carbons (Fsp3) is 0.471. The Labute approximate surface area is 139 Å². The zero-order chi connectivity index (χ0) is 15.5. The molecule has 0 spiro atoms. The minimum absolute atomic E-state index is 0.388. The summed E-state index contributed by atoms with van der Waals surface area (Å²) in [5.74, 6) is 3.92. The lowest BCUT2D eigenvalue weighted by Gasteiger charge is -2.44. The number of anilines is 1. The van der Waals surface area contributed by atoms with Crippen LogP contribution in [0.2, 0.25) is 0 Å². The van der Waals surface area contributed by atoms with E-state index in [-0.39, 0.29) is 0 Å². The molecular formula is C17H20BrN2O2+. The molecule has 5 heteroatoms. The Bertz CT molecular complexity index is 581. The molecule has 1 unspecified atom stereocenters. The van der Waals surface area contributed by atoms with Gasteiger partial charge in [0.15, 0.2) is 0 Å². The molecular weight excluding hydrogens is 344 g/mol. The first-order chi connectivity index (χ1) is 10.7. The molecule has 0 aromatic heterocycles. The second-order valence-electron chi connectivity index (χ2n) is 6.10. The van der Waals surface area contributed by atoms with Crippen molar-refractivity contribution in [3.8, 4) is 12.3 Å². The first-order valence-electron chi connectivity index (χ1n) is 7.65. The zero-order valence-corrected chi connectivity index (χ0v) is 13.9. The number of carbonyl (C=O) groups is 1. The predicted molar refractivity (Wildman–Crippen MR) is 88.6 cm³/mol. The maximum absolute atomic E-state index is 11.9. The number of benzene rings is 1. The van der Waals surface area contributed by atoms with Crippen molar-refractivity contribution in [2.24, 2.45) is 11.8 Å². The van der Waals surface area contributed by atoms with Crippen LogP contribution in [0.3, 0.4) is 0 Å². The first-order valence-corrected chi connectivity index (χ1v) is 8.45. The average Bonchev–Trinajstić information content (AvgIpc) is 2.55. The van der Waals surface area contributed by atoms with Gasteiger partial charge in [-0.05, 0) is 30.2 Å². The molecule has 0 saturated carbocycles. The van der Waals surface area contributed by atoms with Crippen LogP contribution >= 0.6 is 15.9 Å². The van der Waals surface area contributed by atoms with E-state index in [2.05, 4.69) is 27.2 Å². The molecule has 3 fully saturated rings. The number of carbonyl (C=O) groups excluding carboxylic acids is 1. The molecule has 1 aromatic carbocycles. The number of hydrogen-bond donors (Lipinski definition) is 2. The smallest absolute Gasteiger partial charge is 0.411 e. The molecule has 4 atom stereocenters. The van der Waals surface area contributed by atoms with Gasteiger partial charge < -0.3 is 9.64 Å². The second-order valence-corrected chi connectivity index (χ2v) is 7.01. The van der Waals surface area contributed by atoms with Gasteiger partial charge in [0.2, 0.25) is 0 Å². The number of piperidine rings is 3. The first kappa shape index (κ1) is 15.4. The lowest BCUT2D eigenvalue weighted by Crippen LogP contribution is -3.20. The van der Waals surface area contributed by atoms with Crippen LogP contribution in [0.1, 0.15) is 12.8 Å². The lowest BCUT2D eigenvalue weighted by atomic mass is 9.76. The van der Waals surface area contributed by atoms with Crippen LogP contribution in [0.4, 0.5) is 10.5 Å². The number of fused-ring (bicyclic) bond motifs is 3. The van der Waals surface area contributed by atoms with Gasteiger partial charge in [-0.3, -0.25) is 5.32 Å². The molecule has 4 rings (SSSR count). The molecule has 2 N–H and O–H groups in total. The van der Waals surface area contributed by atoms with E-state index < -0.39 is 6.09 Å². The molecule has 0 aliphatic carbocycles. The zero-order valence-electron chi connectivity index (χ0n) is 12.3. The lowest BCUT2D eigenvalue weighted by molar-refractivity contribution is -0.945. The molecule has 22 heavy (non-hydrogen) atoms. The fourth-order valence-corrected chi connectivity index (χ4v) is 3.82. The van der Waals surface area contributed by atoms with Gasteiger partial charge in [0.1, 0.15) is 12.6 Å². The topological polar surface area (TPSA) is 42.8 Å². The Hall–Kier alpha value is -1.51. The maximum Gasteiger partial charge on any atom is 0.411 e. The molecule has 3 aliphatic heterocycles. The molecule has 116 valence electrons. The Morgan fingerprint density at radius 3 is 2.86 bits per heavy atom. The summed E-state index contributed by atoms with van der Waals surface area (Å²) in [6, 6.07) is 7.82. The summed E-state index contributed by atoms with van der Waals surface area (Å²) in [6.45, 7) is 2.63. The van der Waals surface area contributed by atoms with Crippen molar-refractivity contribution in [3.05, 3.63) is 28.7 Å². The SMILES string of the molecule is C#C[C@H]1C[NH+]2CC[C@H]1C[C@@H]2COC(=O)Nc1ccc(Br)cc1. The van der Waals surface area contributed by atoms with Gasteiger partial charge in [0, 0.05) is 23.0 Å². The van der Waals surface area contributed by atoms with Crippen LogP contribution in [-0.2, 0) is 4.74 Å². The third-order valence-electron chi connectivity index (χ3n) is 4.77. The van der Waals surface area contributed by atoms with Gasteiger partial charge in [0.25, 0.3) is 0 Å². The van der Waals surface area contributed by atoms with Crippen LogP contribution in [0, 0.1) is 24.2 Å². The number of nitrogens with one attached hydrogen (secondary N) is 2. The summed E-state index contributed by atoms with van der Waals surface area (Å²) >= 11 is 3.36. The van der Waals surface area contributed by atoms with Crippen molar-refractivity contribution in [2.75, 3.05) is 25.0 Å². The molecule has 1 amide bonds. The largest absolute Gasteiger partial charge is 0.443 e. The molecule has 3 heterocycles. The molecule has 3 saturated heterocycles. The summed E-state index contributed by atoms with van der Waals surface area (Å²) in [5.41, 5.74) is 0.735. The molecule has 2 bridgehead atoms. The van der Waals surface area contributed by atoms with Gasteiger partial charge >= 0.3 is 6.09 Å². The average molecular weight is 364 g/mol. The van der Waals surface area contributed by atoms with Crippen LogP contribution in [0.5, 0.6) is 0 Å². The second kappa shape index (κ2) is 6.72. The Morgan fingerprint density at radius 2 is 2.23 bits per heavy atom. The normalized spacial score (nSPS) is 29.6. The van der Waals surface area contributed by atoms with Gasteiger partial charge in [-0.1, -0.05) is 21.9 Å². The van der Waals surface area contributed by atoms with Crippen molar-refractivity contribution in [2.45, 2.75) is 18.9 Å². The van der Waals surface area contributed by atoms with E-state index in [1.54, 1.807) is 0 Å². The van der Waals surface area contributed by atoms with E-state index in [0.29, 0.717) is 24.5 Å². The van der Waals surface area contributed by atoms with Crippen molar-refractivity contribution in [3.63, 3.8) is 0 Å². The highest BCUT2D eigenvalue weighted by Gasteiger charge is 2.43. The standard InChI is InChI=1S/C17H19BrN2O2/c1-2-12-10-20-8-7-13(12)9-16(20)11-22-17(21)19-15-5-3-14(18)4-6-15/h1,3-6,12-13,16H,7-11H2,(H,19,21)/p+1/t12-,13-,16+/m0/s1. The summed E-state index contributed by atoms with van der Waals surface area (Å²) in [7, 11) is 0. The monoisotopic (exact) mass is 363 g/mol. The quantitative estimate of drug-likeness (QED) is 0.805. The van der Waals surface area contributed by atoms with Crippen molar-refractivity contribution in [1.29, 1.82) is 0 Å². The molecule has 3 aliphatic rings. The van der Waals surface area contributed by atoms with Gasteiger partial charge in [-0.15, -0.1) is 6.42 Å². The van der Waals surface area contributed by atoms with Crippen LogP contribution in [0.15, 0.2) is 28.7 Å². The van der Waals surface area contributed by atoms with E-state index in [0.717, 1.165) is 29.7 Å². The highest BCUT2D eigenvalue weighted by Crippen LogP contribution is 2.26. The number of rotatable bonds is 3. The number of quaternary nitrogens is 1. The van der Waals surface area contributed by atoms with E-state index in [4.69, 9.17) is 11.2 Å². The third-order valence-corrected chi connectivity index (χ3v) is 5.30. The third kappa shape index (κ3) is 3.45. The number of ether oxygens (including phenoxy) is 1. The van der Waals surface area contributed by atoms with Gasteiger partial charge in [0.05, 0.1) is 19.0 Å².